The Morgan fingerprint density at radius 1 is 1.47 bits per heavy atom. The summed E-state index contributed by atoms with van der Waals surface area (Å²) >= 11 is 3.14. The Labute approximate surface area is 121 Å². The largest absolute Gasteiger partial charge is 0.324 e. The summed E-state index contributed by atoms with van der Waals surface area (Å²) in [6, 6.07) is 3.02. The second kappa shape index (κ2) is 5.59. The number of aryl methyl sites for hydroxylation is 1. The molecule has 0 saturated carbocycles. The van der Waals surface area contributed by atoms with Crippen molar-refractivity contribution in [3.8, 4) is 0 Å². The van der Waals surface area contributed by atoms with E-state index < -0.39 is 5.54 Å². The molecule has 1 saturated heterocycles. The van der Waals surface area contributed by atoms with Crippen LogP contribution in [0.3, 0.4) is 0 Å². The highest BCUT2D eigenvalue weighted by Crippen LogP contribution is 2.26. The molecule has 1 atom stereocenters. The van der Waals surface area contributed by atoms with Crippen LogP contribution >= 0.6 is 15.9 Å². The number of hydrogen-bond acceptors (Lipinski definition) is 2. The Kier molecular flexibility index (Phi) is 4.26. The van der Waals surface area contributed by atoms with E-state index in [0.717, 1.165) is 25.8 Å². The fourth-order valence-corrected chi connectivity index (χ4v) is 2.63. The van der Waals surface area contributed by atoms with Gasteiger partial charge >= 0.3 is 0 Å². The summed E-state index contributed by atoms with van der Waals surface area (Å²) in [5.41, 5.74) is 0.825. The van der Waals surface area contributed by atoms with E-state index in [1.165, 1.54) is 6.07 Å². The van der Waals surface area contributed by atoms with Gasteiger partial charge in [0.25, 0.3) is 0 Å². The fourth-order valence-electron chi connectivity index (χ4n) is 2.29. The number of carbonyl (C=O) groups excluding carboxylic acids is 1. The summed E-state index contributed by atoms with van der Waals surface area (Å²) in [5.74, 6) is -0.383. The average Bonchev–Trinajstić information content (AvgIpc) is 2.36. The molecular formula is C14H18BrFN2O. The van der Waals surface area contributed by atoms with E-state index in [0.29, 0.717) is 15.7 Å². The highest BCUT2D eigenvalue weighted by atomic mass is 79.9. The molecule has 0 spiro atoms. The van der Waals surface area contributed by atoms with Crippen molar-refractivity contribution in [2.45, 2.75) is 38.6 Å². The van der Waals surface area contributed by atoms with Gasteiger partial charge in [-0.15, -0.1) is 0 Å². The topological polar surface area (TPSA) is 41.1 Å². The number of rotatable bonds is 2. The van der Waals surface area contributed by atoms with Gasteiger partial charge in [-0.1, -0.05) is 0 Å². The van der Waals surface area contributed by atoms with Crippen LogP contribution in [0.4, 0.5) is 10.1 Å². The van der Waals surface area contributed by atoms with Crippen LogP contribution in [-0.2, 0) is 4.79 Å². The monoisotopic (exact) mass is 328 g/mol. The summed E-state index contributed by atoms with van der Waals surface area (Å²) < 4.78 is 13.7. The van der Waals surface area contributed by atoms with Gasteiger partial charge in [0.05, 0.1) is 10.0 Å². The summed E-state index contributed by atoms with van der Waals surface area (Å²) in [6.45, 7) is 4.55. The molecule has 0 aromatic heterocycles. The number of amides is 1. The Hall–Kier alpha value is -0.940. The second-order valence-corrected chi connectivity index (χ2v) is 6.11. The van der Waals surface area contributed by atoms with Crippen molar-refractivity contribution in [2.24, 2.45) is 0 Å². The minimum atomic E-state index is -0.536. The van der Waals surface area contributed by atoms with E-state index in [9.17, 15) is 9.18 Å². The number of carbonyl (C=O) groups is 1. The van der Waals surface area contributed by atoms with Gasteiger partial charge in [-0.3, -0.25) is 4.79 Å². The van der Waals surface area contributed by atoms with E-state index in [4.69, 9.17) is 0 Å². The van der Waals surface area contributed by atoms with E-state index in [-0.39, 0.29) is 11.7 Å². The van der Waals surface area contributed by atoms with E-state index >= 15 is 0 Å². The lowest BCUT2D eigenvalue weighted by atomic mass is 9.90. The molecule has 104 valence electrons. The van der Waals surface area contributed by atoms with Crippen LogP contribution in [0.2, 0.25) is 0 Å². The van der Waals surface area contributed by atoms with Crippen LogP contribution < -0.4 is 10.6 Å². The molecule has 19 heavy (non-hydrogen) atoms. The zero-order valence-electron chi connectivity index (χ0n) is 11.1. The predicted molar refractivity (Wildman–Crippen MR) is 77.7 cm³/mol. The highest BCUT2D eigenvalue weighted by molar-refractivity contribution is 9.10. The highest BCUT2D eigenvalue weighted by Gasteiger charge is 2.34. The van der Waals surface area contributed by atoms with Crippen LogP contribution in [0, 0.1) is 12.7 Å². The quantitative estimate of drug-likeness (QED) is 0.873. The predicted octanol–water partition coefficient (Wildman–Crippen LogP) is 3.37. The van der Waals surface area contributed by atoms with E-state index in [2.05, 4.69) is 26.6 Å². The molecule has 0 aliphatic carbocycles. The molecule has 1 unspecified atom stereocenters. The van der Waals surface area contributed by atoms with Gasteiger partial charge in [0.15, 0.2) is 0 Å². The zero-order valence-corrected chi connectivity index (χ0v) is 12.7. The molecule has 1 aromatic rings. The molecule has 1 amide bonds. The standard InChI is InChI=1S/C14H18BrFN2O/c1-9-7-11(16)10(15)8-12(9)18-13(19)14(2)5-3-4-6-17-14/h7-8,17H,3-6H2,1-2H3,(H,18,19). The van der Waals surface area contributed by atoms with Crippen molar-refractivity contribution in [1.82, 2.24) is 5.32 Å². The SMILES string of the molecule is Cc1cc(F)c(Br)cc1NC(=O)C1(C)CCCCN1. The molecule has 3 nitrogen and oxygen atoms in total. The molecular weight excluding hydrogens is 311 g/mol. The number of anilines is 1. The van der Waals surface area contributed by atoms with Gasteiger partial charge < -0.3 is 10.6 Å². The molecule has 0 bridgehead atoms. The second-order valence-electron chi connectivity index (χ2n) is 5.25. The third-order valence-corrected chi connectivity index (χ3v) is 4.24. The van der Waals surface area contributed by atoms with Gasteiger partial charge in [-0.05, 0) is 73.3 Å². The van der Waals surface area contributed by atoms with E-state index in [1.807, 2.05) is 6.92 Å². The molecule has 1 fully saturated rings. The summed E-state index contributed by atoms with van der Waals surface area (Å²) in [4.78, 5) is 12.4. The molecule has 1 heterocycles. The fraction of sp³-hybridized carbons (Fsp3) is 0.500. The Bertz CT molecular complexity index is 498. The van der Waals surface area contributed by atoms with Crippen LogP contribution in [0.1, 0.15) is 31.7 Å². The molecule has 2 N–H and O–H groups in total. The average molecular weight is 329 g/mol. The van der Waals surface area contributed by atoms with Gasteiger partial charge in [-0.25, -0.2) is 4.39 Å². The third-order valence-electron chi connectivity index (χ3n) is 3.64. The molecule has 5 heteroatoms. The van der Waals surface area contributed by atoms with Gasteiger partial charge in [0, 0.05) is 5.69 Å². The summed E-state index contributed by atoms with van der Waals surface area (Å²) in [7, 11) is 0. The summed E-state index contributed by atoms with van der Waals surface area (Å²) in [6.07, 6.45) is 2.97. The van der Waals surface area contributed by atoms with Gasteiger partial charge in [-0.2, -0.15) is 0 Å². The maximum atomic E-state index is 13.4. The van der Waals surface area contributed by atoms with Crippen molar-refractivity contribution in [2.75, 3.05) is 11.9 Å². The maximum Gasteiger partial charge on any atom is 0.244 e. The Morgan fingerprint density at radius 2 is 2.21 bits per heavy atom. The van der Waals surface area contributed by atoms with Crippen LogP contribution in [0.15, 0.2) is 16.6 Å². The number of halogens is 2. The van der Waals surface area contributed by atoms with Gasteiger partial charge in [0.1, 0.15) is 5.82 Å². The first-order valence-electron chi connectivity index (χ1n) is 6.44. The number of hydrogen-bond donors (Lipinski definition) is 2. The van der Waals surface area contributed by atoms with Crippen LogP contribution in [0.5, 0.6) is 0 Å². The normalized spacial score (nSPS) is 23.2. The summed E-state index contributed by atoms with van der Waals surface area (Å²) in [5, 5.41) is 6.15. The van der Waals surface area contributed by atoms with Crippen LogP contribution in [0.25, 0.3) is 0 Å². The van der Waals surface area contributed by atoms with E-state index in [1.54, 1.807) is 13.0 Å². The van der Waals surface area contributed by atoms with Gasteiger partial charge in [0.2, 0.25) is 5.91 Å². The van der Waals surface area contributed by atoms with Crippen molar-refractivity contribution in [3.63, 3.8) is 0 Å². The number of benzene rings is 1. The molecule has 0 radical (unpaired) electrons. The van der Waals surface area contributed by atoms with Crippen molar-refractivity contribution < 1.29 is 9.18 Å². The Morgan fingerprint density at radius 3 is 2.84 bits per heavy atom. The van der Waals surface area contributed by atoms with Crippen LogP contribution in [-0.4, -0.2) is 18.0 Å². The van der Waals surface area contributed by atoms with Crippen molar-refractivity contribution in [1.29, 1.82) is 0 Å². The van der Waals surface area contributed by atoms with Crippen molar-refractivity contribution >= 4 is 27.5 Å². The Balaban J connectivity index is 2.16. The smallest absolute Gasteiger partial charge is 0.244 e. The minimum absolute atomic E-state index is 0.0613. The first kappa shape index (κ1) is 14.5. The minimum Gasteiger partial charge on any atom is -0.324 e. The molecule has 1 aromatic carbocycles. The lowest BCUT2D eigenvalue weighted by Gasteiger charge is -2.33. The molecule has 1 aliphatic heterocycles. The third kappa shape index (κ3) is 3.15. The number of piperidine rings is 1. The van der Waals surface area contributed by atoms with Crippen molar-refractivity contribution in [3.05, 3.63) is 28.0 Å². The lowest BCUT2D eigenvalue weighted by Crippen LogP contribution is -2.54. The first-order valence-corrected chi connectivity index (χ1v) is 7.24. The molecule has 1 aliphatic rings. The lowest BCUT2D eigenvalue weighted by molar-refractivity contribution is -0.122. The molecule has 2 rings (SSSR count). The zero-order chi connectivity index (χ0) is 14.0. The first-order chi connectivity index (χ1) is 8.92. The maximum absolute atomic E-state index is 13.4. The number of nitrogens with one attached hydrogen (secondary N) is 2.